The van der Waals surface area contributed by atoms with Crippen molar-refractivity contribution in [3.8, 4) is 0 Å². The van der Waals surface area contributed by atoms with Crippen LogP contribution in [0, 0.1) is 0 Å². The van der Waals surface area contributed by atoms with Crippen LogP contribution in [0.5, 0.6) is 0 Å². The number of unbranched alkanes of at least 4 members (excludes halogenated alkanes) is 35. The van der Waals surface area contributed by atoms with Crippen molar-refractivity contribution >= 4 is 17.9 Å². The first-order chi connectivity index (χ1) is 32.0. The van der Waals surface area contributed by atoms with Gasteiger partial charge in [0.25, 0.3) is 0 Å². The maximum atomic E-state index is 12.8. The molecule has 1 atom stereocenters. The van der Waals surface area contributed by atoms with E-state index < -0.39 is 6.10 Å². The summed E-state index contributed by atoms with van der Waals surface area (Å²) in [5, 5.41) is 0. The Morgan fingerprint density at radius 3 is 0.785 bits per heavy atom. The fourth-order valence-corrected chi connectivity index (χ4v) is 8.25. The molecular weight excluding hydrogens is 805 g/mol. The summed E-state index contributed by atoms with van der Waals surface area (Å²) >= 11 is 0. The summed E-state index contributed by atoms with van der Waals surface area (Å²) < 4.78 is 16.8. The number of esters is 3. The summed E-state index contributed by atoms with van der Waals surface area (Å²) in [4.78, 5) is 38.1. The highest BCUT2D eigenvalue weighted by Gasteiger charge is 2.19. The standard InChI is InChI=1S/C59H108O6/c1-4-7-10-13-16-19-22-25-27-28-29-30-32-34-37-40-43-46-49-52-58(61)64-55-56(54-63-57(60)51-48-45-42-39-36-33-24-21-18-15-12-9-6-3)65-59(62)53-50-47-44-41-38-35-31-26-23-20-17-14-11-8-5-2/h21,24-27,31,56H,4-20,22-23,28-30,32-55H2,1-3H3/b24-21-,27-25-,31-26-/t56-/m0/s1. The van der Waals surface area contributed by atoms with E-state index in [-0.39, 0.29) is 31.1 Å². The molecule has 0 aromatic rings. The summed E-state index contributed by atoms with van der Waals surface area (Å²) in [5.41, 5.74) is 0. The zero-order valence-corrected chi connectivity index (χ0v) is 43.5. The van der Waals surface area contributed by atoms with E-state index >= 15 is 0 Å². The van der Waals surface area contributed by atoms with Gasteiger partial charge in [0.05, 0.1) is 0 Å². The first-order valence-electron chi connectivity index (χ1n) is 28.5. The van der Waals surface area contributed by atoms with Gasteiger partial charge in [-0.25, -0.2) is 0 Å². The van der Waals surface area contributed by atoms with Gasteiger partial charge in [-0.1, -0.05) is 224 Å². The molecule has 0 unspecified atom stereocenters. The quantitative estimate of drug-likeness (QED) is 0.0262. The molecule has 65 heavy (non-hydrogen) atoms. The Morgan fingerprint density at radius 1 is 0.292 bits per heavy atom. The smallest absolute Gasteiger partial charge is 0.306 e. The lowest BCUT2D eigenvalue weighted by molar-refractivity contribution is -0.167. The predicted octanol–water partition coefficient (Wildman–Crippen LogP) is 18.9. The maximum Gasteiger partial charge on any atom is 0.306 e. The van der Waals surface area contributed by atoms with E-state index in [1.165, 1.54) is 193 Å². The Morgan fingerprint density at radius 2 is 0.508 bits per heavy atom. The highest BCUT2D eigenvalue weighted by molar-refractivity contribution is 5.71. The molecule has 0 radical (unpaired) electrons. The first kappa shape index (κ1) is 62.6. The second-order valence-electron chi connectivity index (χ2n) is 19.2. The molecule has 0 amide bonds. The number of hydrogen-bond donors (Lipinski definition) is 0. The highest BCUT2D eigenvalue weighted by Crippen LogP contribution is 2.15. The molecule has 0 heterocycles. The second-order valence-corrected chi connectivity index (χ2v) is 19.2. The second kappa shape index (κ2) is 54.2. The predicted molar refractivity (Wildman–Crippen MR) is 279 cm³/mol. The molecule has 0 fully saturated rings. The average Bonchev–Trinajstić information content (AvgIpc) is 3.30. The molecule has 0 N–H and O–H groups in total. The Balaban J connectivity index is 4.34. The Hall–Kier alpha value is -2.37. The fourth-order valence-electron chi connectivity index (χ4n) is 8.25. The van der Waals surface area contributed by atoms with Crippen LogP contribution in [0.15, 0.2) is 36.5 Å². The van der Waals surface area contributed by atoms with E-state index in [0.29, 0.717) is 19.3 Å². The van der Waals surface area contributed by atoms with Gasteiger partial charge in [-0.2, -0.15) is 0 Å². The molecule has 0 saturated heterocycles. The van der Waals surface area contributed by atoms with E-state index in [1.54, 1.807) is 0 Å². The zero-order valence-electron chi connectivity index (χ0n) is 43.5. The number of allylic oxidation sites excluding steroid dienone is 6. The SMILES string of the molecule is CCCCCC/C=C\CCCCCCCC(=O)OC[C@@H](COC(=O)CCCCCCCCCCC/C=C\CCCCCCCC)OC(=O)CCCCCCC/C=C\CCCCCCCC. The maximum absolute atomic E-state index is 12.8. The third kappa shape index (κ3) is 52.5. The van der Waals surface area contributed by atoms with Gasteiger partial charge in [0.15, 0.2) is 6.10 Å². The van der Waals surface area contributed by atoms with E-state index in [2.05, 4.69) is 57.2 Å². The lowest BCUT2D eigenvalue weighted by Gasteiger charge is -2.18. The topological polar surface area (TPSA) is 78.9 Å². The normalized spacial score (nSPS) is 12.2. The van der Waals surface area contributed by atoms with Crippen LogP contribution in [-0.2, 0) is 28.6 Å². The van der Waals surface area contributed by atoms with Crippen LogP contribution in [0.1, 0.15) is 303 Å². The number of carbonyl (C=O) groups is 3. The van der Waals surface area contributed by atoms with Gasteiger partial charge in [0, 0.05) is 19.3 Å². The van der Waals surface area contributed by atoms with Crippen LogP contribution in [0.4, 0.5) is 0 Å². The molecule has 0 rings (SSSR count). The molecule has 6 nitrogen and oxygen atoms in total. The van der Waals surface area contributed by atoms with Gasteiger partial charge < -0.3 is 14.2 Å². The van der Waals surface area contributed by atoms with Crippen molar-refractivity contribution < 1.29 is 28.6 Å². The third-order valence-corrected chi connectivity index (χ3v) is 12.6. The molecule has 0 saturated carbocycles. The van der Waals surface area contributed by atoms with Crippen molar-refractivity contribution in [2.45, 2.75) is 309 Å². The Kier molecular flexibility index (Phi) is 52.3. The summed E-state index contributed by atoms with van der Waals surface area (Å²) in [7, 11) is 0. The van der Waals surface area contributed by atoms with Crippen LogP contribution in [0.2, 0.25) is 0 Å². The van der Waals surface area contributed by atoms with Gasteiger partial charge in [-0.05, 0) is 96.3 Å². The van der Waals surface area contributed by atoms with Gasteiger partial charge in [-0.15, -0.1) is 0 Å². The van der Waals surface area contributed by atoms with Crippen molar-refractivity contribution in [3.63, 3.8) is 0 Å². The number of ether oxygens (including phenoxy) is 3. The molecule has 380 valence electrons. The van der Waals surface area contributed by atoms with E-state index in [1.807, 2.05) is 0 Å². The largest absolute Gasteiger partial charge is 0.462 e. The van der Waals surface area contributed by atoms with Crippen LogP contribution < -0.4 is 0 Å². The van der Waals surface area contributed by atoms with Gasteiger partial charge >= 0.3 is 17.9 Å². The summed E-state index contributed by atoms with van der Waals surface area (Å²) in [5.74, 6) is -0.883. The first-order valence-corrected chi connectivity index (χ1v) is 28.5. The molecular formula is C59H108O6. The van der Waals surface area contributed by atoms with Crippen molar-refractivity contribution in [2.24, 2.45) is 0 Å². The lowest BCUT2D eigenvalue weighted by atomic mass is 10.1. The summed E-state index contributed by atoms with van der Waals surface area (Å²) in [6.45, 7) is 6.63. The van der Waals surface area contributed by atoms with E-state index in [4.69, 9.17) is 14.2 Å². The molecule has 0 aliphatic heterocycles. The van der Waals surface area contributed by atoms with Crippen LogP contribution in [0.25, 0.3) is 0 Å². The minimum atomic E-state index is -0.778. The molecule has 0 aromatic carbocycles. The van der Waals surface area contributed by atoms with Gasteiger partial charge in [0.1, 0.15) is 13.2 Å². The van der Waals surface area contributed by atoms with Crippen molar-refractivity contribution in [2.75, 3.05) is 13.2 Å². The Bertz CT molecular complexity index is 1090. The van der Waals surface area contributed by atoms with Crippen LogP contribution >= 0.6 is 0 Å². The molecule has 0 aliphatic rings. The van der Waals surface area contributed by atoms with Gasteiger partial charge in [-0.3, -0.25) is 14.4 Å². The lowest BCUT2D eigenvalue weighted by Crippen LogP contribution is -2.30. The zero-order chi connectivity index (χ0) is 47.2. The summed E-state index contributed by atoms with van der Waals surface area (Å²) in [6.07, 6.45) is 64.2. The number of carbonyl (C=O) groups excluding carboxylic acids is 3. The van der Waals surface area contributed by atoms with E-state index in [0.717, 1.165) is 70.6 Å². The van der Waals surface area contributed by atoms with Crippen molar-refractivity contribution in [1.82, 2.24) is 0 Å². The minimum absolute atomic E-state index is 0.0771. The molecule has 0 aliphatic carbocycles. The van der Waals surface area contributed by atoms with Crippen LogP contribution in [-0.4, -0.2) is 37.2 Å². The summed E-state index contributed by atoms with van der Waals surface area (Å²) in [6, 6.07) is 0. The molecule has 0 bridgehead atoms. The third-order valence-electron chi connectivity index (χ3n) is 12.6. The Labute approximate surface area is 404 Å². The molecule has 0 aromatic heterocycles. The van der Waals surface area contributed by atoms with Crippen molar-refractivity contribution in [1.29, 1.82) is 0 Å². The minimum Gasteiger partial charge on any atom is -0.462 e. The highest BCUT2D eigenvalue weighted by atomic mass is 16.6. The van der Waals surface area contributed by atoms with Crippen molar-refractivity contribution in [3.05, 3.63) is 36.5 Å². The number of hydrogen-bond acceptors (Lipinski definition) is 6. The van der Waals surface area contributed by atoms with Crippen LogP contribution in [0.3, 0.4) is 0 Å². The number of rotatable bonds is 52. The molecule has 6 heteroatoms. The fraction of sp³-hybridized carbons (Fsp3) is 0.847. The average molecular weight is 914 g/mol. The monoisotopic (exact) mass is 913 g/mol. The van der Waals surface area contributed by atoms with Gasteiger partial charge in [0.2, 0.25) is 0 Å². The van der Waals surface area contributed by atoms with E-state index in [9.17, 15) is 14.4 Å². The molecule has 0 spiro atoms.